The number of amides is 1. The topological polar surface area (TPSA) is 85.6 Å². The zero-order valence-electron chi connectivity index (χ0n) is 27.7. The molecule has 0 spiro atoms. The summed E-state index contributed by atoms with van der Waals surface area (Å²) >= 11 is 0. The Morgan fingerprint density at radius 1 is 0.769 bits per heavy atom. The van der Waals surface area contributed by atoms with Crippen molar-refractivity contribution in [3.63, 3.8) is 0 Å². The molecule has 0 radical (unpaired) electrons. The van der Waals surface area contributed by atoms with Crippen LogP contribution in [0.15, 0.2) is 103 Å². The number of hydrogen-bond acceptors (Lipinski definition) is 5. The fourth-order valence-electron chi connectivity index (χ4n) is 6.48. The standard InChI is InChI=1S/C40H32F5N3O4/c1-22-31(19-48-21-47-29-10-2-3-11-30(29)48)51-40(52-38(22)25-14-12-23(20-49)13-15-25)28-9-5-8-27(17-28)26-7-4-6-24(16-26)18-46-39(50)32-33(41)35(43)37(45)36(44)34(32)42/h2-17,21-22,31,38,40,49H,18-20H2,1H3,(H,46,50). The number of para-hydroxylation sites is 2. The lowest BCUT2D eigenvalue weighted by atomic mass is 9.90. The molecular formula is C40H32F5N3O4. The minimum atomic E-state index is -2.34. The second-order valence-electron chi connectivity index (χ2n) is 12.7. The number of nitrogens with one attached hydrogen (secondary N) is 1. The Labute approximate surface area is 295 Å². The van der Waals surface area contributed by atoms with Crippen molar-refractivity contribution in [2.75, 3.05) is 0 Å². The van der Waals surface area contributed by atoms with Crippen molar-refractivity contribution in [3.8, 4) is 11.1 Å². The van der Waals surface area contributed by atoms with Gasteiger partial charge in [-0.25, -0.2) is 26.9 Å². The van der Waals surface area contributed by atoms with E-state index in [1.165, 1.54) is 0 Å². The fourth-order valence-corrected chi connectivity index (χ4v) is 6.48. The van der Waals surface area contributed by atoms with Gasteiger partial charge < -0.3 is 24.5 Å². The molecule has 1 fully saturated rings. The quantitative estimate of drug-likeness (QED) is 0.0895. The van der Waals surface area contributed by atoms with E-state index in [2.05, 4.69) is 21.8 Å². The van der Waals surface area contributed by atoms with Gasteiger partial charge in [-0.15, -0.1) is 0 Å². The molecule has 5 aromatic carbocycles. The zero-order chi connectivity index (χ0) is 36.5. The fraction of sp³-hybridized carbons (Fsp3) is 0.200. The van der Waals surface area contributed by atoms with Gasteiger partial charge in [-0.05, 0) is 52.1 Å². The van der Waals surface area contributed by atoms with Crippen molar-refractivity contribution < 1.29 is 41.3 Å². The average molecular weight is 714 g/mol. The van der Waals surface area contributed by atoms with E-state index in [0.717, 1.165) is 38.9 Å². The van der Waals surface area contributed by atoms with Gasteiger partial charge in [-0.2, -0.15) is 0 Å². The van der Waals surface area contributed by atoms with Crippen molar-refractivity contribution in [2.45, 2.75) is 45.1 Å². The number of rotatable bonds is 9. The molecule has 1 amide bonds. The summed E-state index contributed by atoms with van der Waals surface area (Å²) in [5.41, 5.74) is 4.79. The molecule has 4 atom stereocenters. The van der Waals surface area contributed by atoms with Gasteiger partial charge in [0.2, 0.25) is 5.82 Å². The van der Waals surface area contributed by atoms with Crippen LogP contribution in [-0.2, 0) is 29.2 Å². The Kier molecular flexibility index (Phi) is 9.87. The lowest BCUT2D eigenvalue weighted by Crippen LogP contribution is -2.39. The molecule has 12 heteroatoms. The first-order valence-corrected chi connectivity index (χ1v) is 16.5. The third-order valence-electron chi connectivity index (χ3n) is 9.34. The maximum absolute atomic E-state index is 14.2. The smallest absolute Gasteiger partial charge is 0.257 e. The minimum absolute atomic E-state index is 0.0719. The molecule has 7 nitrogen and oxygen atoms in total. The summed E-state index contributed by atoms with van der Waals surface area (Å²) < 4.78 is 84.6. The maximum Gasteiger partial charge on any atom is 0.257 e. The molecule has 6 aromatic rings. The highest BCUT2D eigenvalue weighted by atomic mass is 19.2. The minimum Gasteiger partial charge on any atom is -0.392 e. The summed E-state index contributed by atoms with van der Waals surface area (Å²) in [6, 6.07) is 30.0. The number of carbonyl (C=O) groups excluding carboxylic acids is 1. The first-order valence-electron chi connectivity index (χ1n) is 16.5. The summed E-state index contributed by atoms with van der Waals surface area (Å²) in [6.07, 6.45) is 0.407. The number of aliphatic hydroxyl groups excluding tert-OH is 1. The van der Waals surface area contributed by atoms with E-state index in [-0.39, 0.29) is 31.3 Å². The van der Waals surface area contributed by atoms with Crippen molar-refractivity contribution in [1.29, 1.82) is 0 Å². The van der Waals surface area contributed by atoms with Crippen LogP contribution >= 0.6 is 0 Å². The largest absolute Gasteiger partial charge is 0.392 e. The van der Waals surface area contributed by atoms with Crippen LogP contribution in [0.5, 0.6) is 0 Å². The van der Waals surface area contributed by atoms with Crippen LogP contribution < -0.4 is 5.32 Å². The Balaban J connectivity index is 1.14. The molecule has 2 N–H and O–H groups in total. The number of imidazole rings is 1. The number of benzene rings is 5. The molecule has 4 unspecified atom stereocenters. The number of fused-ring (bicyclic) bond motifs is 1. The summed E-state index contributed by atoms with van der Waals surface area (Å²) in [5.74, 6) is -12.7. The van der Waals surface area contributed by atoms with E-state index in [1.54, 1.807) is 24.5 Å². The Morgan fingerprint density at radius 3 is 2.17 bits per heavy atom. The predicted octanol–water partition coefficient (Wildman–Crippen LogP) is 8.31. The molecule has 7 rings (SSSR count). The van der Waals surface area contributed by atoms with Gasteiger partial charge in [-0.3, -0.25) is 4.79 Å². The van der Waals surface area contributed by atoms with Crippen molar-refractivity contribution >= 4 is 16.9 Å². The second kappa shape index (κ2) is 14.7. The lowest BCUT2D eigenvalue weighted by Gasteiger charge is -2.41. The highest BCUT2D eigenvalue weighted by Crippen LogP contribution is 2.43. The molecule has 1 saturated heterocycles. The number of halogens is 5. The molecule has 266 valence electrons. The van der Waals surface area contributed by atoms with E-state index in [9.17, 15) is 31.9 Å². The molecular weight excluding hydrogens is 681 g/mol. The Bertz CT molecular complexity index is 2230. The van der Waals surface area contributed by atoms with Crippen LogP contribution in [0.25, 0.3) is 22.2 Å². The van der Waals surface area contributed by atoms with E-state index in [4.69, 9.17) is 9.47 Å². The van der Waals surface area contributed by atoms with Crippen molar-refractivity contribution in [1.82, 2.24) is 14.9 Å². The van der Waals surface area contributed by atoms with E-state index < -0.39 is 46.8 Å². The molecule has 2 heterocycles. The van der Waals surface area contributed by atoms with E-state index in [0.29, 0.717) is 12.1 Å². The van der Waals surface area contributed by atoms with Gasteiger partial charge in [0.1, 0.15) is 5.56 Å². The normalized spacial score (nSPS) is 18.8. The SMILES string of the molecule is CC1C(Cn2cnc3ccccc32)OC(c2cccc(-c3cccc(CNC(=O)c4c(F)c(F)c(F)c(F)c4F)c3)c2)OC1c1ccc(CO)cc1. The van der Waals surface area contributed by atoms with Crippen molar-refractivity contribution in [2.24, 2.45) is 5.92 Å². The maximum atomic E-state index is 14.2. The van der Waals surface area contributed by atoms with Gasteiger partial charge in [0.25, 0.3) is 5.91 Å². The summed E-state index contributed by atoms with van der Waals surface area (Å²) in [5, 5.41) is 11.8. The van der Waals surface area contributed by atoms with Gasteiger partial charge in [-0.1, -0.05) is 79.7 Å². The zero-order valence-corrected chi connectivity index (χ0v) is 27.7. The number of nitrogens with zero attached hydrogens (tertiary/aromatic N) is 2. The number of aliphatic hydroxyl groups is 1. The highest BCUT2D eigenvalue weighted by molar-refractivity contribution is 5.94. The number of aromatic nitrogens is 2. The number of ether oxygens (including phenoxy) is 2. The average Bonchev–Trinajstić information content (AvgIpc) is 3.59. The van der Waals surface area contributed by atoms with Crippen LogP contribution in [0.2, 0.25) is 0 Å². The van der Waals surface area contributed by atoms with Gasteiger partial charge in [0.05, 0.1) is 42.7 Å². The summed E-state index contributed by atoms with van der Waals surface area (Å²) in [6.45, 7) is 2.28. The molecule has 0 saturated carbocycles. The summed E-state index contributed by atoms with van der Waals surface area (Å²) in [4.78, 5) is 17.1. The van der Waals surface area contributed by atoms with Crippen LogP contribution in [0.1, 0.15) is 51.9 Å². The van der Waals surface area contributed by atoms with Crippen LogP contribution in [-0.4, -0.2) is 26.7 Å². The molecule has 0 aliphatic carbocycles. The Hall–Kier alpha value is -5.43. The van der Waals surface area contributed by atoms with Gasteiger partial charge >= 0.3 is 0 Å². The van der Waals surface area contributed by atoms with Gasteiger partial charge in [0, 0.05) is 18.0 Å². The van der Waals surface area contributed by atoms with Crippen LogP contribution in [0, 0.1) is 35.0 Å². The van der Waals surface area contributed by atoms with Gasteiger partial charge in [0.15, 0.2) is 29.6 Å². The third-order valence-corrected chi connectivity index (χ3v) is 9.34. The number of carbonyl (C=O) groups is 1. The lowest BCUT2D eigenvalue weighted by molar-refractivity contribution is -0.276. The van der Waals surface area contributed by atoms with Crippen molar-refractivity contribution in [3.05, 3.63) is 160 Å². The van der Waals surface area contributed by atoms with E-state index in [1.807, 2.05) is 78.9 Å². The van der Waals surface area contributed by atoms with E-state index >= 15 is 0 Å². The first-order chi connectivity index (χ1) is 25.1. The van der Waals surface area contributed by atoms with Crippen LogP contribution in [0.4, 0.5) is 22.0 Å². The monoisotopic (exact) mass is 713 g/mol. The molecule has 0 bridgehead atoms. The van der Waals surface area contributed by atoms with Crippen LogP contribution in [0.3, 0.4) is 0 Å². The highest BCUT2D eigenvalue weighted by Gasteiger charge is 2.39. The molecule has 1 aromatic heterocycles. The third kappa shape index (κ3) is 6.80. The molecule has 52 heavy (non-hydrogen) atoms. The molecule has 1 aliphatic rings. The second-order valence-corrected chi connectivity index (χ2v) is 12.7. The molecule has 1 aliphatic heterocycles. The Morgan fingerprint density at radius 2 is 1.44 bits per heavy atom. The predicted molar refractivity (Wildman–Crippen MR) is 182 cm³/mol. The summed E-state index contributed by atoms with van der Waals surface area (Å²) in [7, 11) is 0. The number of hydrogen-bond donors (Lipinski definition) is 2. The first kappa shape index (κ1) is 35.0.